The summed E-state index contributed by atoms with van der Waals surface area (Å²) >= 11 is 0. The van der Waals surface area contributed by atoms with E-state index in [2.05, 4.69) is 31.2 Å². The van der Waals surface area contributed by atoms with E-state index in [0.717, 1.165) is 32.1 Å². The zero-order valence-corrected chi connectivity index (χ0v) is 12.4. The van der Waals surface area contributed by atoms with Crippen LogP contribution in [-0.2, 0) is 4.79 Å². The van der Waals surface area contributed by atoms with Gasteiger partial charge in [0.15, 0.2) is 0 Å². The Morgan fingerprint density at radius 2 is 1.42 bits per heavy atom. The molecule has 0 aliphatic heterocycles. The average molecular weight is 266 g/mol. The van der Waals surface area contributed by atoms with Crippen LogP contribution in [0.4, 0.5) is 0 Å². The second kappa shape index (κ2) is 15.0. The molecule has 1 N–H and O–H groups in total. The summed E-state index contributed by atoms with van der Waals surface area (Å²) in [5.74, 6) is -0.681. The summed E-state index contributed by atoms with van der Waals surface area (Å²) in [6, 6.07) is 0. The lowest BCUT2D eigenvalue weighted by molar-refractivity contribution is -0.137. The van der Waals surface area contributed by atoms with Crippen LogP contribution in [0.3, 0.4) is 0 Å². The minimum Gasteiger partial charge on any atom is -0.481 e. The maximum Gasteiger partial charge on any atom is 0.303 e. The SMILES string of the molecule is CCCCCC/C=C\C/C=C\CCCCCC(=O)O. The van der Waals surface area contributed by atoms with Gasteiger partial charge in [-0.2, -0.15) is 0 Å². The Balaban J connectivity index is 3.20. The fraction of sp³-hybridized carbons (Fsp3) is 0.706. The third kappa shape index (κ3) is 16.9. The van der Waals surface area contributed by atoms with Crippen molar-refractivity contribution in [3.05, 3.63) is 24.3 Å². The first-order valence-corrected chi connectivity index (χ1v) is 7.79. The topological polar surface area (TPSA) is 37.3 Å². The monoisotopic (exact) mass is 266 g/mol. The second-order valence-corrected chi connectivity index (χ2v) is 5.02. The van der Waals surface area contributed by atoms with Gasteiger partial charge in [-0.25, -0.2) is 0 Å². The van der Waals surface area contributed by atoms with Gasteiger partial charge < -0.3 is 5.11 Å². The van der Waals surface area contributed by atoms with Gasteiger partial charge in [0.25, 0.3) is 0 Å². The third-order valence-corrected chi connectivity index (χ3v) is 3.09. The predicted octanol–water partition coefficient (Wildman–Crippen LogP) is 5.49. The summed E-state index contributed by atoms with van der Waals surface area (Å²) in [6.07, 6.45) is 20.8. The summed E-state index contributed by atoms with van der Waals surface area (Å²) < 4.78 is 0. The normalized spacial score (nSPS) is 11.6. The van der Waals surface area contributed by atoms with E-state index < -0.39 is 5.97 Å². The van der Waals surface area contributed by atoms with Crippen LogP contribution >= 0.6 is 0 Å². The summed E-state index contributed by atoms with van der Waals surface area (Å²) in [4.78, 5) is 10.3. The number of hydrogen-bond acceptors (Lipinski definition) is 1. The highest BCUT2D eigenvalue weighted by molar-refractivity contribution is 5.66. The van der Waals surface area contributed by atoms with E-state index in [-0.39, 0.29) is 0 Å². The summed E-state index contributed by atoms with van der Waals surface area (Å²) in [7, 11) is 0. The Bertz CT molecular complexity index is 254. The quantitative estimate of drug-likeness (QED) is 0.353. The molecule has 0 aliphatic rings. The highest BCUT2D eigenvalue weighted by Crippen LogP contribution is 2.05. The fourth-order valence-corrected chi connectivity index (χ4v) is 1.91. The van der Waals surface area contributed by atoms with Crippen molar-refractivity contribution >= 4 is 5.97 Å². The van der Waals surface area contributed by atoms with Crippen molar-refractivity contribution in [1.29, 1.82) is 0 Å². The fourth-order valence-electron chi connectivity index (χ4n) is 1.91. The highest BCUT2D eigenvalue weighted by Gasteiger charge is 1.94. The highest BCUT2D eigenvalue weighted by atomic mass is 16.4. The van der Waals surface area contributed by atoms with Gasteiger partial charge in [-0.05, 0) is 38.5 Å². The number of carboxylic acid groups (broad SMARTS) is 1. The molecule has 0 saturated carbocycles. The molecule has 110 valence electrons. The molecule has 2 heteroatoms. The van der Waals surface area contributed by atoms with Crippen molar-refractivity contribution in [2.45, 2.75) is 77.6 Å². The van der Waals surface area contributed by atoms with Crippen molar-refractivity contribution in [2.75, 3.05) is 0 Å². The zero-order chi connectivity index (χ0) is 14.2. The van der Waals surface area contributed by atoms with Gasteiger partial charge >= 0.3 is 5.97 Å². The largest absolute Gasteiger partial charge is 0.481 e. The van der Waals surface area contributed by atoms with Gasteiger partial charge in [0.05, 0.1) is 0 Å². The molecule has 0 aromatic carbocycles. The molecule has 0 atom stereocenters. The van der Waals surface area contributed by atoms with E-state index in [4.69, 9.17) is 5.11 Å². The average Bonchev–Trinajstić information content (AvgIpc) is 2.39. The van der Waals surface area contributed by atoms with Crippen LogP contribution in [0.15, 0.2) is 24.3 Å². The second-order valence-electron chi connectivity index (χ2n) is 5.02. The van der Waals surface area contributed by atoms with Crippen molar-refractivity contribution in [3.63, 3.8) is 0 Å². The minimum atomic E-state index is -0.681. The van der Waals surface area contributed by atoms with E-state index in [0.29, 0.717) is 6.42 Å². The number of allylic oxidation sites excluding steroid dienone is 4. The van der Waals surface area contributed by atoms with E-state index in [1.54, 1.807) is 0 Å². The lowest BCUT2D eigenvalue weighted by atomic mass is 10.1. The molecule has 0 amide bonds. The van der Waals surface area contributed by atoms with Gasteiger partial charge in [-0.1, -0.05) is 56.9 Å². The summed E-state index contributed by atoms with van der Waals surface area (Å²) in [5.41, 5.74) is 0. The molecule has 0 aromatic rings. The lowest BCUT2D eigenvalue weighted by Gasteiger charge is -1.95. The first kappa shape index (κ1) is 17.9. The molecule has 0 radical (unpaired) electrons. The lowest BCUT2D eigenvalue weighted by Crippen LogP contribution is -1.93. The van der Waals surface area contributed by atoms with Gasteiger partial charge in [0, 0.05) is 6.42 Å². The van der Waals surface area contributed by atoms with Crippen LogP contribution in [0.5, 0.6) is 0 Å². The minimum absolute atomic E-state index is 0.310. The number of carbonyl (C=O) groups is 1. The van der Waals surface area contributed by atoms with Gasteiger partial charge in [0.2, 0.25) is 0 Å². The van der Waals surface area contributed by atoms with Crippen molar-refractivity contribution in [1.82, 2.24) is 0 Å². The molecule has 0 unspecified atom stereocenters. The van der Waals surface area contributed by atoms with Crippen molar-refractivity contribution in [3.8, 4) is 0 Å². The van der Waals surface area contributed by atoms with Crippen LogP contribution in [0, 0.1) is 0 Å². The summed E-state index contributed by atoms with van der Waals surface area (Å²) in [6.45, 7) is 2.24. The van der Waals surface area contributed by atoms with Crippen LogP contribution in [0.25, 0.3) is 0 Å². The molecule has 0 rings (SSSR count). The molecule has 0 aliphatic carbocycles. The van der Waals surface area contributed by atoms with Crippen LogP contribution in [0.1, 0.15) is 77.6 Å². The van der Waals surface area contributed by atoms with Crippen molar-refractivity contribution in [2.24, 2.45) is 0 Å². The number of aliphatic carboxylic acids is 1. The zero-order valence-electron chi connectivity index (χ0n) is 12.4. The molecule has 0 bridgehead atoms. The van der Waals surface area contributed by atoms with Crippen LogP contribution in [0.2, 0.25) is 0 Å². The number of hydrogen-bond donors (Lipinski definition) is 1. The van der Waals surface area contributed by atoms with Crippen molar-refractivity contribution < 1.29 is 9.90 Å². The smallest absolute Gasteiger partial charge is 0.303 e. The summed E-state index contributed by atoms with van der Waals surface area (Å²) in [5, 5.41) is 8.48. The van der Waals surface area contributed by atoms with E-state index in [1.165, 1.54) is 32.1 Å². The Kier molecular flexibility index (Phi) is 14.2. The van der Waals surface area contributed by atoms with Gasteiger partial charge in [-0.3, -0.25) is 4.79 Å². The predicted molar refractivity (Wildman–Crippen MR) is 82.4 cm³/mol. The maximum atomic E-state index is 10.3. The Morgan fingerprint density at radius 1 is 0.842 bits per heavy atom. The molecule has 0 heterocycles. The number of carboxylic acids is 1. The molecule has 0 fully saturated rings. The molecular weight excluding hydrogens is 236 g/mol. The maximum absolute atomic E-state index is 10.3. The number of rotatable bonds is 13. The molecular formula is C17H30O2. The molecule has 0 saturated heterocycles. The number of unbranched alkanes of at least 4 members (excludes halogenated alkanes) is 7. The Morgan fingerprint density at radius 3 is 1.95 bits per heavy atom. The van der Waals surface area contributed by atoms with Crippen LogP contribution < -0.4 is 0 Å². The first-order valence-electron chi connectivity index (χ1n) is 7.79. The van der Waals surface area contributed by atoms with E-state index >= 15 is 0 Å². The van der Waals surface area contributed by atoms with Gasteiger partial charge in [0.1, 0.15) is 0 Å². The molecule has 0 aromatic heterocycles. The Hall–Kier alpha value is -1.05. The molecule has 0 spiro atoms. The van der Waals surface area contributed by atoms with E-state index in [9.17, 15) is 4.79 Å². The standard InChI is InChI=1S/C17H30O2/c1-2-3-4-5-6-7-8-9-10-11-12-13-14-15-16-17(18)19/h7-8,10-11H,2-6,9,12-16H2,1H3,(H,18,19)/b8-7-,11-10-. The molecule has 2 nitrogen and oxygen atoms in total. The van der Waals surface area contributed by atoms with Crippen LogP contribution in [-0.4, -0.2) is 11.1 Å². The van der Waals surface area contributed by atoms with Gasteiger partial charge in [-0.15, -0.1) is 0 Å². The third-order valence-electron chi connectivity index (χ3n) is 3.09. The van der Waals surface area contributed by atoms with E-state index in [1.807, 2.05) is 0 Å². The Labute approximate surface area is 118 Å². The first-order chi connectivity index (χ1) is 9.27. The molecule has 19 heavy (non-hydrogen) atoms.